The zero-order valence-corrected chi connectivity index (χ0v) is 19.0. The summed E-state index contributed by atoms with van der Waals surface area (Å²) >= 11 is 5.44. The molecule has 1 heterocycles. The molecule has 0 aliphatic rings. The van der Waals surface area contributed by atoms with E-state index in [0.29, 0.717) is 18.2 Å². The van der Waals surface area contributed by atoms with Crippen molar-refractivity contribution in [1.82, 2.24) is 15.1 Å². The summed E-state index contributed by atoms with van der Waals surface area (Å²) in [6, 6.07) is 20.7. The summed E-state index contributed by atoms with van der Waals surface area (Å²) in [5.74, 6) is 1.45. The molecule has 6 nitrogen and oxygen atoms in total. The summed E-state index contributed by atoms with van der Waals surface area (Å²) in [4.78, 5) is 0. The fourth-order valence-electron chi connectivity index (χ4n) is 3.65. The number of anilines is 1. The van der Waals surface area contributed by atoms with Crippen LogP contribution in [0.15, 0.2) is 73.1 Å². The first kappa shape index (κ1) is 21.6. The molecule has 0 aliphatic carbocycles. The largest absolute Gasteiger partial charge is 0.493 e. The van der Waals surface area contributed by atoms with Gasteiger partial charge < -0.3 is 20.1 Å². The van der Waals surface area contributed by atoms with Gasteiger partial charge in [0, 0.05) is 12.7 Å². The fraction of sp³-hybridized carbons (Fsp3) is 0.200. The average Bonchev–Trinajstić information content (AvgIpc) is 3.25. The Morgan fingerprint density at radius 1 is 1.00 bits per heavy atom. The monoisotopic (exact) mass is 446 g/mol. The molecule has 32 heavy (non-hydrogen) atoms. The van der Waals surface area contributed by atoms with Gasteiger partial charge in [0.2, 0.25) is 0 Å². The molecular weight excluding hydrogens is 420 g/mol. The number of aromatic nitrogens is 2. The highest BCUT2D eigenvalue weighted by Gasteiger charge is 2.07. The summed E-state index contributed by atoms with van der Waals surface area (Å²) in [6.45, 7) is 1.40. The second kappa shape index (κ2) is 10.2. The van der Waals surface area contributed by atoms with Crippen molar-refractivity contribution >= 4 is 33.8 Å². The lowest BCUT2D eigenvalue weighted by molar-refractivity contribution is 0.354. The molecular formula is C25H26N4O2S. The van der Waals surface area contributed by atoms with E-state index in [0.717, 1.165) is 29.2 Å². The summed E-state index contributed by atoms with van der Waals surface area (Å²) < 4.78 is 12.6. The maximum Gasteiger partial charge on any atom is 0.170 e. The van der Waals surface area contributed by atoms with Crippen molar-refractivity contribution in [1.29, 1.82) is 0 Å². The maximum atomic E-state index is 5.44. The first-order valence-electron chi connectivity index (χ1n) is 10.4. The van der Waals surface area contributed by atoms with Gasteiger partial charge >= 0.3 is 0 Å². The third-order valence-electron chi connectivity index (χ3n) is 5.25. The summed E-state index contributed by atoms with van der Waals surface area (Å²) in [5, 5.41) is 14.0. The number of fused-ring (bicyclic) bond motifs is 1. The highest BCUT2D eigenvalue weighted by molar-refractivity contribution is 7.80. The van der Waals surface area contributed by atoms with Gasteiger partial charge in [-0.05, 0) is 52.7 Å². The Balaban J connectivity index is 1.30. The van der Waals surface area contributed by atoms with Gasteiger partial charge in [-0.3, -0.25) is 4.68 Å². The quantitative estimate of drug-likeness (QED) is 0.385. The van der Waals surface area contributed by atoms with Gasteiger partial charge in [-0.1, -0.05) is 48.5 Å². The van der Waals surface area contributed by atoms with Crippen LogP contribution in [-0.4, -0.2) is 35.7 Å². The highest BCUT2D eigenvalue weighted by Crippen LogP contribution is 2.27. The molecule has 0 saturated carbocycles. The number of nitrogens with one attached hydrogen (secondary N) is 2. The second-order valence-corrected chi connectivity index (χ2v) is 7.79. The van der Waals surface area contributed by atoms with E-state index in [-0.39, 0.29) is 0 Å². The predicted molar refractivity (Wildman–Crippen MR) is 133 cm³/mol. The molecule has 0 atom stereocenters. The normalized spacial score (nSPS) is 10.7. The minimum absolute atomic E-state index is 0.565. The van der Waals surface area contributed by atoms with E-state index in [1.165, 1.54) is 16.3 Å². The molecule has 0 unspecified atom stereocenters. The smallest absolute Gasteiger partial charge is 0.170 e. The molecule has 1 aromatic heterocycles. The predicted octanol–water partition coefficient (Wildman–Crippen LogP) is 4.63. The third-order valence-corrected chi connectivity index (χ3v) is 5.50. The average molecular weight is 447 g/mol. The Bertz CT molecular complexity index is 1220. The van der Waals surface area contributed by atoms with Crippen LogP contribution < -0.4 is 20.1 Å². The third kappa shape index (κ3) is 5.18. The number of ether oxygens (including phenoxy) is 2. The molecule has 0 amide bonds. The second-order valence-electron chi connectivity index (χ2n) is 7.39. The summed E-state index contributed by atoms with van der Waals surface area (Å²) in [5.41, 5.74) is 3.23. The van der Waals surface area contributed by atoms with Gasteiger partial charge in [0.15, 0.2) is 16.6 Å². The Hall–Kier alpha value is -3.58. The maximum absolute atomic E-state index is 5.44. The molecule has 0 saturated heterocycles. The number of benzene rings is 3. The van der Waals surface area contributed by atoms with E-state index in [4.69, 9.17) is 21.7 Å². The minimum atomic E-state index is 0.565. The highest BCUT2D eigenvalue weighted by atomic mass is 32.1. The van der Waals surface area contributed by atoms with Gasteiger partial charge in [-0.15, -0.1) is 0 Å². The topological polar surface area (TPSA) is 60.3 Å². The van der Waals surface area contributed by atoms with Gasteiger partial charge in [0.1, 0.15) is 0 Å². The zero-order chi connectivity index (χ0) is 22.3. The molecule has 0 radical (unpaired) electrons. The Kier molecular flexibility index (Phi) is 6.87. The molecule has 164 valence electrons. The van der Waals surface area contributed by atoms with Crippen molar-refractivity contribution in [2.75, 3.05) is 26.1 Å². The minimum Gasteiger partial charge on any atom is -0.493 e. The van der Waals surface area contributed by atoms with Crippen LogP contribution in [0, 0.1) is 0 Å². The molecule has 3 aromatic carbocycles. The molecule has 7 heteroatoms. The van der Waals surface area contributed by atoms with Crippen molar-refractivity contribution < 1.29 is 9.47 Å². The lowest BCUT2D eigenvalue weighted by Gasteiger charge is -2.11. The lowest BCUT2D eigenvalue weighted by atomic mass is 10.0. The number of thiocarbonyl (C=S) groups is 1. The van der Waals surface area contributed by atoms with Gasteiger partial charge in [0.25, 0.3) is 0 Å². The van der Waals surface area contributed by atoms with Gasteiger partial charge in [-0.2, -0.15) is 5.10 Å². The van der Waals surface area contributed by atoms with E-state index >= 15 is 0 Å². The molecule has 2 N–H and O–H groups in total. The van der Waals surface area contributed by atoms with Crippen LogP contribution in [0.25, 0.3) is 10.8 Å². The van der Waals surface area contributed by atoms with Crippen LogP contribution in [0.1, 0.15) is 11.1 Å². The van der Waals surface area contributed by atoms with E-state index in [1.807, 2.05) is 29.1 Å². The van der Waals surface area contributed by atoms with Crippen LogP contribution in [0.2, 0.25) is 0 Å². The molecule has 4 rings (SSSR count). The standard InChI is InChI=1S/C25H26N4O2S/c1-30-23-11-10-18(14-24(23)31-2)12-13-26-25(32)28-21-15-27-29(17-21)16-20-8-5-7-19-6-3-4-9-22(19)20/h3-11,14-15,17H,12-13,16H2,1-2H3,(H2,26,28,32). The number of hydrogen-bond acceptors (Lipinski definition) is 4. The molecule has 0 aliphatic heterocycles. The molecule has 0 fully saturated rings. The van der Waals surface area contributed by atoms with E-state index in [9.17, 15) is 0 Å². The fourth-order valence-corrected chi connectivity index (χ4v) is 3.87. The number of hydrogen-bond donors (Lipinski definition) is 2. The van der Waals surface area contributed by atoms with E-state index in [2.05, 4.69) is 58.2 Å². The number of nitrogens with zero attached hydrogens (tertiary/aromatic N) is 2. The van der Waals surface area contributed by atoms with Crippen LogP contribution in [0.4, 0.5) is 5.69 Å². The summed E-state index contributed by atoms with van der Waals surface area (Å²) in [6.07, 6.45) is 4.56. The van der Waals surface area contributed by atoms with Crippen LogP contribution in [0.5, 0.6) is 11.5 Å². The van der Waals surface area contributed by atoms with Crippen molar-refractivity contribution in [3.8, 4) is 11.5 Å². The Morgan fingerprint density at radius 2 is 1.81 bits per heavy atom. The van der Waals surface area contributed by atoms with Gasteiger partial charge in [-0.25, -0.2) is 0 Å². The SMILES string of the molecule is COc1ccc(CCNC(=S)Nc2cnn(Cc3cccc4ccccc34)c2)cc1OC. The van der Waals surface area contributed by atoms with Crippen molar-refractivity contribution in [3.63, 3.8) is 0 Å². The van der Waals surface area contributed by atoms with E-state index < -0.39 is 0 Å². The zero-order valence-electron chi connectivity index (χ0n) is 18.2. The van der Waals surface area contributed by atoms with Crippen LogP contribution in [-0.2, 0) is 13.0 Å². The number of rotatable bonds is 8. The van der Waals surface area contributed by atoms with E-state index in [1.54, 1.807) is 20.4 Å². The lowest BCUT2D eigenvalue weighted by Crippen LogP contribution is -2.30. The van der Waals surface area contributed by atoms with Crippen LogP contribution >= 0.6 is 12.2 Å². The number of methoxy groups -OCH3 is 2. The molecule has 0 spiro atoms. The van der Waals surface area contributed by atoms with Crippen molar-refractivity contribution in [2.45, 2.75) is 13.0 Å². The van der Waals surface area contributed by atoms with Gasteiger partial charge in [0.05, 0.1) is 32.6 Å². The Morgan fingerprint density at radius 3 is 2.66 bits per heavy atom. The summed E-state index contributed by atoms with van der Waals surface area (Å²) in [7, 11) is 3.27. The molecule has 4 aromatic rings. The Labute approximate surface area is 193 Å². The first-order chi connectivity index (χ1) is 15.7. The van der Waals surface area contributed by atoms with Crippen molar-refractivity contribution in [2.24, 2.45) is 0 Å². The van der Waals surface area contributed by atoms with Crippen LogP contribution in [0.3, 0.4) is 0 Å². The molecule has 0 bridgehead atoms. The first-order valence-corrected chi connectivity index (χ1v) is 10.8. The van der Waals surface area contributed by atoms with Crippen molar-refractivity contribution in [3.05, 3.63) is 84.2 Å².